The molecule has 0 unspecified atom stereocenters. The van der Waals surface area contributed by atoms with Crippen molar-refractivity contribution in [1.82, 2.24) is 4.90 Å². The lowest BCUT2D eigenvalue weighted by Gasteiger charge is -2.41. The van der Waals surface area contributed by atoms with Gasteiger partial charge in [0.1, 0.15) is 0 Å². The number of hydrogen-bond donors (Lipinski definition) is 0. The maximum absolute atomic E-state index is 5.69. The van der Waals surface area contributed by atoms with Crippen LogP contribution in [0.15, 0.2) is 28.7 Å². The Labute approximate surface area is 117 Å². The Kier molecular flexibility index (Phi) is 3.87. The molecule has 3 rings (SSSR count). The van der Waals surface area contributed by atoms with E-state index in [4.69, 9.17) is 4.74 Å². The second kappa shape index (κ2) is 5.59. The van der Waals surface area contributed by atoms with Gasteiger partial charge in [-0.2, -0.15) is 0 Å². The third-order valence-electron chi connectivity index (χ3n) is 3.84. The summed E-state index contributed by atoms with van der Waals surface area (Å²) in [4.78, 5) is 5.06. The van der Waals surface area contributed by atoms with E-state index in [0.717, 1.165) is 37.3 Å². The van der Waals surface area contributed by atoms with E-state index in [1.807, 2.05) is 0 Å². The zero-order valence-electron chi connectivity index (χ0n) is 10.5. The van der Waals surface area contributed by atoms with Crippen LogP contribution in [0.4, 0.5) is 5.69 Å². The molecule has 2 heterocycles. The molecule has 0 N–H and O–H groups in total. The molecule has 1 aromatic rings. The molecule has 18 heavy (non-hydrogen) atoms. The Hall–Kier alpha value is -0.580. The maximum Gasteiger partial charge on any atom is 0.0639 e. The van der Waals surface area contributed by atoms with Gasteiger partial charge in [0.05, 0.1) is 12.6 Å². The van der Waals surface area contributed by atoms with Gasteiger partial charge in [0.25, 0.3) is 0 Å². The number of anilines is 1. The monoisotopic (exact) mass is 310 g/mol. The SMILES string of the molecule is Brc1ccc(N2CCN3CCCOC[C@H]3C2)cc1. The van der Waals surface area contributed by atoms with Crippen LogP contribution < -0.4 is 4.90 Å². The zero-order valence-corrected chi connectivity index (χ0v) is 12.1. The van der Waals surface area contributed by atoms with Crippen molar-refractivity contribution in [3.05, 3.63) is 28.7 Å². The van der Waals surface area contributed by atoms with E-state index in [1.165, 1.54) is 18.7 Å². The summed E-state index contributed by atoms with van der Waals surface area (Å²) in [6.07, 6.45) is 1.18. The Morgan fingerprint density at radius 1 is 1.11 bits per heavy atom. The fraction of sp³-hybridized carbons (Fsp3) is 0.571. The summed E-state index contributed by atoms with van der Waals surface area (Å²) < 4.78 is 6.83. The van der Waals surface area contributed by atoms with Gasteiger partial charge in [0, 0.05) is 42.9 Å². The molecule has 0 saturated carbocycles. The van der Waals surface area contributed by atoms with Crippen molar-refractivity contribution in [2.24, 2.45) is 0 Å². The first-order valence-electron chi connectivity index (χ1n) is 6.65. The summed E-state index contributed by atoms with van der Waals surface area (Å²) in [6.45, 7) is 6.36. The van der Waals surface area contributed by atoms with Crippen molar-refractivity contribution in [2.75, 3.05) is 44.3 Å². The van der Waals surface area contributed by atoms with Gasteiger partial charge in [-0.1, -0.05) is 15.9 Å². The standard InChI is InChI=1S/C14H19BrN2O/c15-12-2-4-13(5-3-12)17-8-7-16-6-1-9-18-11-14(16)10-17/h2-5,14H,1,6-11H2/t14-/m1/s1. The van der Waals surface area contributed by atoms with E-state index in [-0.39, 0.29) is 0 Å². The van der Waals surface area contributed by atoms with Gasteiger partial charge < -0.3 is 9.64 Å². The fourth-order valence-electron chi connectivity index (χ4n) is 2.82. The quantitative estimate of drug-likeness (QED) is 0.792. The van der Waals surface area contributed by atoms with Gasteiger partial charge >= 0.3 is 0 Å². The average molecular weight is 311 g/mol. The summed E-state index contributed by atoms with van der Waals surface area (Å²) >= 11 is 3.49. The minimum absolute atomic E-state index is 0.560. The van der Waals surface area contributed by atoms with Crippen molar-refractivity contribution >= 4 is 21.6 Å². The van der Waals surface area contributed by atoms with Crippen LogP contribution in [0.2, 0.25) is 0 Å². The highest BCUT2D eigenvalue weighted by atomic mass is 79.9. The van der Waals surface area contributed by atoms with Crippen LogP contribution in [0.25, 0.3) is 0 Å². The molecule has 4 heteroatoms. The minimum Gasteiger partial charge on any atom is -0.380 e. The summed E-state index contributed by atoms with van der Waals surface area (Å²) in [5.74, 6) is 0. The van der Waals surface area contributed by atoms with Gasteiger partial charge in [0.15, 0.2) is 0 Å². The third kappa shape index (κ3) is 2.71. The minimum atomic E-state index is 0.560. The molecule has 2 saturated heterocycles. The number of halogens is 1. The van der Waals surface area contributed by atoms with Crippen LogP contribution >= 0.6 is 15.9 Å². The summed E-state index contributed by atoms with van der Waals surface area (Å²) in [6, 6.07) is 9.18. The Balaban J connectivity index is 1.70. The number of nitrogens with zero attached hydrogens (tertiary/aromatic N) is 2. The number of hydrogen-bond acceptors (Lipinski definition) is 3. The molecule has 2 aliphatic heterocycles. The van der Waals surface area contributed by atoms with E-state index in [9.17, 15) is 0 Å². The molecule has 3 nitrogen and oxygen atoms in total. The van der Waals surface area contributed by atoms with E-state index >= 15 is 0 Å². The van der Waals surface area contributed by atoms with Crippen molar-refractivity contribution in [2.45, 2.75) is 12.5 Å². The highest BCUT2D eigenvalue weighted by Crippen LogP contribution is 2.22. The number of fused-ring (bicyclic) bond motifs is 1. The largest absolute Gasteiger partial charge is 0.380 e. The molecule has 1 atom stereocenters. The van der Waals surface area contributed by atoms with Gasteiger partial charge in [-0.25, -0.2) is 0 Å². The van der Waals surface area contributed by atoms with Gasteiger partial charge in [-0.15, -0.1) is 0 Å². The molecule has 0 radical (unpaired) electrons. The molecule has 0 aromatic heterocycles. The van der Waals surface area contributed by atoms with Gasteiger partial charge in [-0.3, -0.25) is 4.90 Å². The van der Waals surface area contributed by atoms with Crippen molar-refractivity contribution in [3.8, 4) is 0 Å². The van der Waals surface area contributed by atoms with Crippen LogP contribution in [-0.4, -0.2) is 50.3 Å². The summed E-state index contributed by atoms with van der Waals surface area (Å²) in [5, 5.41) is 0. The number of ether oxygens (including phenoxy) is 1. The first-order valence-corrected chi connectivity index (χ1v) is 7.44. The molecule has 98 valence electrons. The lowest BCUT2D eigenvalue weighted by Crippen LogP contribution is -2.54. The van der Waals surface area contributed by atoms with Gasteiger partial charge in [0.2, 0.25) is 0 Å². The molecule has 0 aliphatic carbocycles. The molecule has 2 fully saturated rings. The highest BCUT2D eigenvalue weighted by molar-refractivity contribution is 9.10. The predicted octanol–water partition coefficient (Wildman–Crippen LogP) is 2.36. The molecular weight excluding hydrogens is 292 g/mol. The number of rotatable bonds is 1. The predicted molar refractivity (Wildman–Crippen MR) is 77.2 cm³/mol. The normalized spacial score (nSPS) is 25.6. The molecule has 2 aliphatic rings. The van der Waals surface area contributed by atoms with Crippen molar-refractivity contribution in [3.63, 3.8) is 0 Å². The lowest BCUT2D eigenvalue weighted by atomic mass is 10.1. The van der Waals surface area contributed by atoms with Crippen LogP contribution in [0, 0.1) is 0 Å². The Morgan fingerprint density at radius 2 is 1.94 bits per heavy atom. The highest BCUT2D eigenvalue weighted by Gasteiger charge is 2.28. The zero-order chi connectivity index (χ0) is 12.4. The maximum atomic E-state index is 5.69. The molecule has 0 spiro atoms. The van der Waals surface area contributed by atoms with Gasteiger partial charge in [-0.05, 0) is 30.7 Å². The third-order valence-corrected chi connectivity index (χ3v) is 4.37. The van der Waals surface area contributed by atoms with E-state index < -0.39 is 0 Å². The molecule has 1 aromatic carbocycles. The Bertz CT molecular complexity index is 395. The van der Waals surface area contributed by atoms with Crippen molar-refractivity contribution in [1.29, 1.82) is 0 Å². The second-order valence-corrected chi connectivity index (χ2v) is 5.96. The lowest BCUT2D eigenvalue weighted by molar-refractivity contribution is 0.0945. The fourth-order valence-corrected chi connectivity index (χ4v) is 3.09. The van der Waals surface area contributed by atoms with Crippen LogP contribution in [0.5, 0.6) is 0 Å². The van der Waals surface area contributed by atoms with Crippen LogP contribution in [0.3, 0.4) is 0 Å². The second-order valence-electron chi connectivity index (χ2n) is 5.04. The topological polar surface area (TPSA) is 15.7 Å². The summed E-state index contributed by atoms with van der Waals surface area (Å²) in [7, 11) is 0. The average Bonchev–Trinajstić information content (AvgIpc) is 2.64. The van der Waals surface area contributed by atoms with Crippen LogP contribution in [-0.2, 0) is 4.74 Å². The molecular formula is C14H19BrN2O. The number of benzene rings is 1. The van der Waals surface area contributed by atoms with Crippen molar-refractivity contribution < 1.29 is 4.74 Å². The molecule has 0 amide bonds. The molecule has 0 bridgehead atoms. The smallest absolute Gasteiger partial charge is 0.0639 e. The van der Waals surface area contributed by atoms with Crippen LogP contribution in [0.1, 0.15) is 6.42 Å². The van der Waals surface area contributed by atoms with E-state index in [0.29, 0.717) is 6.04 Å². The first-order chi connectivity index (χ1) is 8.83. The summed E-state index contributed by atoms with van der Waals surface area (Å²) in [5.41, 5.74) is 1.32. The Morgan fingerprint density at radius 3 is 2.78 bits per heavy atom. The number of piperazine rings is 1. The van der Waals surface area contributed by atoms with E-state index in [1.54, 1.807) is 0 Å². The first kappa shape index (κ1) is 12.5. The van der Waals surface area contributed by atoms with E-state index in [2.05, 4.69) is 50.0 Å².